The normalized spacial score (nSPS) is 19.1. The topological polar surface area (TPSA) is 56.7 Å². The number of nitrogens with zero attached hydrogens (tertiary/aromatic N) is 2. The van der Waals surface area contributed by atoms with Crippen molar-refractivity contribution in [2.45, 2.75) is 39.0 Å². The van der Waals surface area contributed by atoms with Crippen LogP contribution in [0.25, 0.3) is 0 Å². The number of halogens is 1. The summed E-state index contributed by atoms with van der Waals surface area (Å²) in [5, 5.41) is 10.9. The molecule has 0 spiro atoms. The van der Waals surface area contributed by atoms with Gasteiger partial charge in [-0.25, -0.2) is 0 Å². The molecule has 0 aromatic carbocycles. The highest BCUT2D eigenvalue weighted by Crippen LogP contribution is 2.17. The second-order valence-electron chi connectivity index (χ2n) is 6.67. The molecule has 1 fully saturated rings. The number of likely N-dealkylation sites (tertiary alicyclic amines) is 1. The van der Waals surface area contributed by atoms with Gasteiger partial charge in [-0.3, -0.25) is 9.79 Å². The Bertz CT molecular complexity index is 535. The minimum absolute atomic E-state index is 0. The fourth-order valence-corrected chi connectivity index (χ4v) is 3.79. The molecule has 0 radical (unpaired) electrons. The molecule has 0 bridgehead atoms. The van der Waals surface area contributed by atoms with Crippen molar-refractivity contribution in [3.63, 3.8) is 0 Å². The van der Waals surface area contributed by atoms with Crippen molar-refractivity contribution in [1.29, 1.82) is 0 Å². The Balaban J connectivity index is 0.00000312. The fourth-order valence-electron chi connectivity index (χ4n) is 3.01. The van der Waals surface area contributed by atoms with Gasteiger partial charge in [-0.2, -0.15) is 11.3 Å². The zero-order valence-corrected chi connectivity index (χ0v) is 18.6. The van der Waals surface area contributed by atoms with Crippen LogP contribution in [0.2, 0.25) is 0 Å². The third-order valence-corrected chi connectivity index (χ3v) is 5.25. The van der Waals surface area contributed by atoms with Crippen molar-refractivity contribution in [1.82, 2.24) is 15.5 Å². The highest BCUT2D eigenvalue weighted by Gasteiger charge is 2.20. The second kappa shape index (κ2) is 11.7. The van der Waals surface area contributed by atoms with Crippen molar-refractivity contribution < 1.29 is 4.79 Å². The molecular weight excluding hydrogens is 447 g/mol. The van der Waals surface area contributed by atoms with Gasteiger partial charge in [0.05, 0.1) is 0 Å². The van der Waals surface area contributed by atoms with Crippen LogP contribution in [0, 0.1) is 5.92 Å². The highest BCUT2D eigenvalue weighted by molar-refractivity contribution is 14.0. The van der Waals surface area contributed by atoms with Crippen LogP contribution in [0.15, 0.2) is 21.8 Å². The molecule has 0 saturated carbocycles. The number of carbonyl (C=O) groups is 1. The van der Waals surface area contributed by atoms with E-state index >= 15 is 0 Å². The minimum Gasteiger partial charge on any atom is -0.356 e. The molecule has 1 aliphatic rings. The van der Waals surface area contributed by atoms with E-state index in [0.717, 1.165) is 32.0 Å². The van der Waals surface area contributed by atoms with Crippen LogP contribution in [-0.2, 0) is 4.79 Å². The average Bonchev–Trinajstić information content (AvgIpc) is 3.12. The van der Waals surface area contributed by atoms with Crippen LogP contribution < -0.4 is 10.6 Å². The minimum atomic E-state index is 0. The summed E-state index contributed by atoms with van der Waals surface area (Å²) in [6, 6.07) is 2.16. The molecule has 2 N–H and O–H groups in total. The number of guanidine groups is 1. The molecule has 2 unspecified atom stereocenters. The monoisotopic (exact) mass is 478 g/mol. The van der Waals surface area contributed by atoms with Gasteiger partial charge in [-0.05, 0) is 47.1 Å². The van der Waals surface area contributed by atoms with Crippen molar-refractivity contribution in [2.75, 3.05) is 33.2 Å². The number of hydrogen-bond donors (Lipinski definition) is 2. The molecule has 1 aromatic rings. The predicted molar refractivity (Wildman–Crippen MR) is 117 cm³/mol. The lowest BCUT2D eigenvalue weighted by molar-refractivity contribution is -0.132. The molecule has 1 saturated heterocycles. The van der Waals surface area contributed by atoms with Gasteiger partial charge < -0.3 is 15.5 Å². The number of thiophene rings is 1. The zero-order valence-electron chi connectivity index (χ0n) is 15.5. The van der Waals surface area contributed by atoms with Crippen molar-refractivity contribution in [3.8, 4) is 0 Å². The van der Waals surface area contributed by atoms with E-state index in [9.17, 15) is 4.79 Å². The van der Waals surface area contributed by atoms with E-state index in [1.165, 1.54) is 12.0 Å². The third-order valence-electron chi connectivity index (χ3n) is 4.55. The molecule has 5 nitrogen and oxygen atoms in total. The Morgan fingerprint density at radius 1 is 1.48 bits per heavy atom. The van der Waals surface area contributed by atoms with Gasteiger partial charge in [-0.15, -0.1) is 24.0 Å². The maximum absolute atomic E-state index is 12.3. The van der Waals surface area contributed by atoms with Crippen LogP contribution in [-0.4, -0.2) is 50.0 Å². The first-order chi connectivity index (χ1) is 11.6. The SMILES string of the molecule is CN=C(NCCC(=O)N1CCCC(C)C1)NCC(C)c1ccsc1.I. The average molecular weight is 478 g/mol. The Morgan fingerprint density at radius 2 is 2.28 bits per heavy atom. The van der Waals surface area contributed by atoms with Crippen LogP contribution in [0.3, 0.4) is 0 Å². The zero-order chi connectivity index (χ0) is 17.4. The molecule has 1 amide bonds. The highest BCUT2D eigenvalue weighted by atomic mass is 127. The van der Waals surface area contributed by atoms with Crippen LogP contribution in [0.1, 0.15) is 44.6 Å². The summed E-state index contributed by atoms with van der Waals surface area (Å²) >= 11 is 1.72. The van der Waals surface area contributed by atoms with Crippen LogP contribution >= 0.6 is 35.3 Å². The van der Waals surface area contributed by atoms with E-state index < -0.39 is 0 Å². The van der Waals surface area contributed by atoms with Gasteiger partial charge in [0, 0.05) is 39.6 Å². The lowest BCUT2D eigenvalue weighted by atomic mass is 10.00. The van der Waals surface area contributed by atoms with E-state index in [1.807, 2.05) is 4.90 Å². The number of amides is 1. The maximum atomic E-state index is 12.3. The molecule has 7 heteroatoms. The number of piperidine rings is 1. The van der Waals surface area contributed by atoms with Crippen LogP contribution in [0.5, 0.6) is 0 Å². The molecule has 0 aliphatic carbocycles. The number of hydrogen-bond acceptors (Lipinski definition) is 3. The summed E-state index contributed by atoms with van der Waals surface area (Å²) in [5.74, 6) is 2.07. The molecular formula is C18H31IN4OS. The van der Waals surface area contributed by atoms with Crippen molar-refractivity contribution in [3.05, 3.63) is 22.4 Å². The van der Waals surface area contributed by atoms with E-state index in [-0.39, 0.29) is 29.9 Å². The number of carbonyl (C=O) groups excluding carboxylic acids is 1. The molecule has 2 atom stereocenters. The summed E-state index contributed by atoms with van der Waals surface area (Å²) < 4.78 is 0. The smallest absolute Gasteiger partial charge is 0.224 e. The van der Waals surface area contributed by atoms with E-state index in [1.54, 1.807) is 18.4 Å². The first kappa shape index (κ1) is 22.2. The Labute approximate surface area is 172 Å². The Morgan fingerprint density at radius 3 is 2.92 bits per heavy atom. The second-order valence-corrected chi connectivity index (χ2v) is 7.45. The number of aliphatic imine (C=N–C) groups is 1. The van der Waals surface area contributed by atoms with Gasteiger partial charge in [0.25, 0.3) is 0 Å². The lowest BCUT2D eigenvalue weighted by Crippen LogP contribution is -2.43. The molecule has 2 rings (SSSR count). The summed E-state index contributed by atoms with van der Waals surface area (Å²) in [6.45, 7) is 7.68. The first-order valence-corrected chi connectivity index (χ1v) is 9.78. The van der Waals surface area contributed by atoms with Crippen LogP contribution in [0.4, 0.5) is 0 Å². The molecule has 1 aliphatic heterocycles. The Hall–Kier alpha value is -0.830. The van der Waals surface area contributed by atoms with Gasteiger partial charge in [0.2, 0.25) is 5.91 Å². The lowest BCUT2D eigenvalue weighted by Gasteiger charge is -2.31. The van der Waals surface area contributed by atoms with Crippen molar-refractivity contribution in [2.24, 2.45) is 10.9 Å². The fraction of sp³-hybridized carbons (Fsp3) is 0.667. The van der Waals surface area contributed by atoms with E-state index in [4.69, 9.17) is 0 Å². The summed E-state index contributed by atoms with van der Waals surface area (Å²) in [5.41, 5.74) is 1.34. The van der Waals surface area contributed by atoms with Gasteiger partial charge in [-0.1, -0.05) is 13.8 Å². The summed E-state index contributed by atoms with van der Waals surface area (Å²) in [6.07, 6.45) is 2.89. The predicted octanol–water partition coefficient (Wildman–Crippen LogP) is 3.28. The van der Waals surface area contributed by atoms with E-state index in [0.29, 0.717) is 24.8 Å². The van der Waals surface area contributed by atoms with Crippen molar-refractivity contribution >= 4 is 47.2 Å². The largest absolute Gasteiger partial charge is 0.356 e. The molecule has 1 aromatic heterocycles. The standard InChI is InChI=1S/C18H30N4OS.HI/c1-14-5-4-9-22(12-14)17(23)6-8-20-18(19-3)21-11-15(2)16-7-10-24-13-16;/h7,10,13-15H,4-6,8-9,11-12H2,1-3H3,(H2,19,20,21);1H. The Kier molecular flexibility index (Phi) is 10.4. The van der Waals surface area contributed by atoms with Gasteiger partial charge in [0.15, 0.2) is 5.96 Å². The number of rotatable bonds is 6. The van der Waals surface area contributed by atoms with Gasteiger partial charge >= 0.3 is 0 Å². The van der Waals surface area contributed by atoms with E-state index in [2.05, 4.69) is 46.3 Å². The quantitative estimate of drug-likeness (QED) is 0.375. The maximum Gasteiger partial charge on any atom is 0.224 e. The first-order valence-electron chi connectivity index (χ1n) is 8.84. The number of nitrogens with one attached hydrogen (secondary N) is 2. The summed E-state index contributed by atoms with van der Waals surface area (Å²) in [4.78, 5) is 18.5. The molecule has 2 heterocycles. The van der Waals surface area contributed by atoms with Gasteiger partial charge in [0.1, 0.15) is 0 Å². The summed E-state index contributed by atoms with van der Waals surface area (Å²) in [7, 11) is 1.76. The molecule has 25 heavy (non-hydrogen) atoms. The third kappa shape index (κ3) is 7.52. The molecule has 142 valence electrons.